The van der Waals surface area contributed by atoms with Gasteiger partial charge in [0, 0.05) is 5.25 Å². The fourth-order valence-corrected chi connectivity index (χ4v) is 4.91. The summed E-state index contributed by atoms with van der Waals surface area (Å²) in [6, 6.07) is 0. The van der Waals surface area contributed by atoms with Gasteiger partial charge in [0.15, 0.2) is 0 Å². The second kappa shape index (κ2) is 23.0. The molecule has 0 aliphatic carbocycles. The minimum absolute atomic E-state index is 0. The van der Waals surface area contributed by atoms with E-state index in [4.69, 9.17) is 0 Å². The molecule has 1 N–H and O–H groups in total. The molecule has 6 heteroatoms. The fraction of sp³-hybridized carbons (Fsp3) is 1.00. The van der Waals surface area contributed by atoms with Crippen LogP contribution in [-0.4, -0.2) is 29.4 Å². The molecule has 0 aromatic heterocycles. The Bertz CT molecular complexity index is 442. The number of aliphatic hydroxyl groups excluding tert-OH is 1. The normalized spacial score (nSPS) is 13.7. The summed E-state index contributed by atoms with van der Waals surface area (Å²) in [5, 5.41) is 9.29. The van der Waals surface area contributed by atoms with E-state index in [1.54, 1.807) is 0 Å². The zero-order valence-corrected chi connectivity index (χ0v) is 23.2. The Kier molecular flexibility index (Phi) is 25.4. The van der Waals surface area contributed by atoms with Crippen LogP contribution in [0.1, 0.15) is 142 Å². The van der Waals surface area contributed by atoms with Gasteiger partial charge in [0.1, 0.15) is 0 Å². The Morgan fingerprint density at radius 3 is 1.30 bits per heavy atom. The predicted molar refractivity (Wildman–Crippen MR) is 123 cm³/mol. The van der Waals surface area contributed by atoms with Crippen LogP contribution in [0, 0.1) is 0 Å². The average molecular weight is 457 g/mol. The van der Waals surface area contributed by atoms with Gasteiger partial charge in [-0.2, -0.15) is 0 Å². The molecule has 0 fully saturated rings. The molecular formula is C24H49NaO4S. The first-order chi connectivity index (χ1) is 13.9. The zero-order chi connectivity index (χ0) is 21.8. The first kappa shape index (κ1) is 33.0. The molecule has 0 aliphatic heterocycles. The van der Waals surface area contributed by atoms with Crippen molar-refractivity contribution in [3.05, 3.63) is 0 Å². The van der Waals surface area contributed by atoms with Crippen LogP contribution >= 0.6 is 0 Å². The maximum Gasteiger partial charge on any atom is 1.00 e. The van der Waals surface area contributed by atoms with E-state index < -0.39 is 15.4 Å². The summed E-state index contributed by atoms with van der Waals surface area (Å²) in [6.45, 7) is 4.29. The van der Waals surface area contributed by atoms with Gasteiger partial charge in [0.05, 0.1) is 16.2 Å². The summed E-state index contributed by atoms with van der Waals surface area (Å²) in [6.07, 6.45) is 21.0. The van der Waals surface area contributed by atoms with Crippen molar-refractivity contribution in [2.75, 3.05) is 0 Å². The Morgan fingerprint density at radius 2 is 0.900 bits per heavy atom. The first-order valence-electron chi connectivity index (χ1n) is 12.5. The van der Waals surface area contributed by atoms with Crippen LogP contribution in [0.3, 0.4) is 0 Å². The monoisotopic (exact) mass is 456 g/mol. The second-order valence-electron chi connectivity index (χ2n) is 8.87. The maximum atomic E-state index is 11.4. The summed E-state index contributed by atoms with van der Waals surface area (Å²) < 4.78 is 34.1. The molecule has 0 aliphatic rings. The van der Waals surface area contributed by atoms with Gasteiger partial charge in [-0.15, -0.1) is 0 Å². The molecule has 176 valence electrons. The molecule has 0 radical (unpaired) electrons. The Labute approximate surface area is 210 Å². The molecule has 0 saturated heterocycles. The summed E-state index contributed by atoms with van der Waals surface area (Å²) in [4.78, 5) is 0. The Balaban J connectivity index is 0. The van der Waals surface area contributed by atoms with Gasteiger partial charge in [0.25, 0.3) is 0 Å². The average Bonchev–Trinajstić information content (AvgIpc) is 2.67. The van der Waals surface area contributed by atoms with E-state index >= 15 is 0 Å². The smallest absolute Gasteiger partial charge is 0.748 e. The first-order valence-corrected chi connectivity index (χ1v) is 14.0. The van der Waals surface area contributed by atoms with Crippen molar-refractivity contribution in [1.29, 1.82) is 0 Å². The number of unbranched alkanes of at least 4 members (excludes halogenated alkanes) is 13. The van der Waals surface area contributed by atoms with Crippen LogP contribution in [0.4, 0.5) is 0 Å². The summed E-state index contributed by atoms with van der Waals surface area (Å²) >= 11 is 0. The maximum absolute atomic E-state index is 11.4. The standard InChI is InChI=1S/C24H50O4S.Na/c1-3-5-7-16-19-23(25)20-17-13-11-9-8-10-12-14-18-22-24(29(26,27)28)21-15-6-4-2;/h23-25H,3-22H2,1-2H3,(H,26,27,28);/q;+1/p-1. The molecular weight excluding hydrogens is 407 g/mol. The van der Waals surface area contributed by atoms with Crippen LogP contribution in [0.25, 0.3) is 0 Å². The Hall–Kier alpha value is 0.870. The third-order valence-corrected chi connectivity index (χ3v) is 7.28. The van der Waals surface area contributed by atoms with Crippen molar-refractivity contribution in [3.63, 3.8) is 0 Å². The molecule has 0 amide bonds. The van der Waals surface area contributed by atoms with E-state index in [1.807, 2.05) is 0 Å². The molecule has 0 aromatic carbocycles. The quantitative estimate of drug-likeness (QED) is 0.151. The van der Waals surface area contributed by atoms with E-state index in [2.05, 4.69) is 13.8 Å². The van der Waals surface area contributed by atoms with Crippen LogP contribution in [-0.2, 0) is 10.1 Å². The number of aliphatic hydroxyl groups is 1. The third kappa shape index (κ3) is 22.1. The molecule has 0 heterocycles. The van der Waals surface area contributed by atoms with Gasteiger partial charge < -0.3 is 9.66 Å². The molecule has 0 aromatic rings. The van der Waals surface area contributed by atoms with Crippen LogP contribution in [0.5, 0.6) is 0 Å². The molecule has 0 saturated carbocycles. The van der Waals surface area contributed by atoms with E-state index in [9.17, 15) is 18.1 Å². The van der Waals surface area contributed by atoms with E-state index in [0.717, 1.165) is 64.2 Å². The van der Waals surface area contributed by atoms with E-state index in [0.29, 0.717) is 12.8 Å². The van der Waals surface area contributed by atoms with Crippen molar-refractivity contribution >= 4 is 10.1 Å². The minimum atomic E-state index is -4.14. The summed E-state index contributed by atoms with van der Waals surface area (Å²) in [7, 11) is -4.14. The number of rotatable bonds is 22. The molecule has 0 bridgehead atoms. The van der Waals surface area contributed by atoms with Gasteiger partial charge in [-0.25, -0.2) is 8.42 Å². The zero-order valence-electron chi connectivity index (χ0n) is 20.4. The van der Waals surface area contributed by atoms with Gasteiger partial charge >= 0.3 is 29.6 Å². The molecule has 30 heavy (non-hydrogen) atoms. The largest absolute Gasteiger partial charge is 1.00 e. The minimum Gasteiger partial charge on any atom is -0.748 e. The van der Waals surface area contributed by atoms with Crippen LogP contribution in [0.2, 0.25) is 0 Å². The molecule has 0 rings (SSSR count). The van der Waals surface area contributed by atoms with Crippen LogP contribution < -0.4 is 29.6 Å². The molecule has 2 atom stereocenters. The summed E-state index contributed by atoms with van der Waals surface area (Å²) in [5.74, 6) is 0. The number of hydrogen-bond acceptors (Lipinski definition) is 4. The molecule has 4 nitrogen and oxygen atoms in total. The predicted octanol–water partition coefficient (Wildman–Crippen LogP) is 4.11. The van der Waals surface area contributed by atoms with Crippen LogP contribution in [0.15, 0.2) is 0 Å². The van der Waals surface area contributed by atoms with E-state index in [-0.39, 0.29) is 35.7 Å². The molecule has 0 spiro atoms. The van der Waals surface area contributed by atoms with E-state index in [1.165, 1.54) is 51.4 Å². The second-order valence-corrected chi connectivity index (χ2v) is 10.5. The topological polar surface area (TPSA) is 77.4 Å². The van der Waals surface area contributed by atoms with Crippen molar-refractivity contribution in [2.45, 2.75) is 154 Å². The fourth-order valence-electron chi connectivity index (χ4n) is 4.00. The van der Waals surface area contributed by atoms with Gasteiger partial charge in [0.2, 0.25) is 0 Å². The van der Waals surface area contributed by atoms with Gasteiger partial charge in [-0.3, -0.25) is 0 Å². The summed E-state index contributed by atoms with van der Waals surface area (Å²) in [5.41, 5.74) is 0. The van der Waals surface area contributed by atoms with Crippen molar-refractivity contribution in [3.8, 4) is 0 Å². The Morgan fingerprint density at radius 1 is 0.600 bits per heavy atom. The number of hydrogen-bond donors (Lipinski definition) is 1. The van der Waals surface area contributed by atoms with Crippen molar-refractivity contribution < 1.29 is 47.6 Å². The van der Waals surface area contributed by atoms with Crippen molar-refractivity contribution in [1.82, 2.24) is 0 Å². The van der Waals surface area contributed by atoms with Gasteiger partial charge in [-0.05, 0) is 25.7 Å². The third-order valence-electron chi connectivity index (χ3n) is 5.99. The SMILES string of the molecule is CCCCCCC(O)CCCCCCCCCCCC(CCCCC)S(=O)(=O)[O-].[Na+]. The van der Waals surface area contributed by atoms with Crippen molar-refractivity contribution in [2.24, 2.45) is 0 Å². The molecule has 2 unspecified atom stereocenters. The van der Waals surface area contributed by atoms with Gasteiger partial charge in [-0.1, -0.05) is 117 Å².